The summed E-state index contributed by atoms with van der Waals surface area (Å²) in [6.07, 6.45) is 27.7. The van der Waals surface area contributed by atoms with Crippen LogP contribution in [0.15, 0.2) is 48.5 Å². The molecule has 7 aromatic rings. The second-order valence-corrected chi connectivity index (χ2v) is 17.7. The summed E-state index contributed by atoms with van der Waals surface area (Å²) < 4.78 is 14.5. The third-order valence-electron chi connectivity index (χ3n) is 11.0. The molecule has 0 N–H and O–H groups in total. The maximum Gasteiger partial charge on any atom is 0.0783 e. The second-order valence-electron chi connectivity index (χ2n) is 14.7. The van der Waals surface area contributed by atoms with Crippen molar-refractivity contribution in [3.63, 3.8) is 0 Å². The van der Waals surface area contributed by atoms with E-state index in [1.807, 2.05) is 0 Å². The minimum Gasteiger partial charge on any atom is -0.339 e. The SMILES string of the molecule is CCCCCCCCCCCCn1c2ccccc2c2sc3c4sc5c6ccccc6n(CCCCCCCCCCCC)c5c4sc3c21. The van der Waals surface area contributed by atoms with E-state index >= 15 is 0 Å². The first kappa shape index (κ1) is 35.1. The molecule has 5 heterocycles. The largest absolute Gasteiger partial charge is 0.339 e. The van der Waals surface area contributed by atoms with E-state index in [0.717, 1.165) is 13.1 Å². The summed E-state index contributed by atoms with van der Waals surface area (Å²) in [6.45, 7) is 6.88. The summed E-state index contributed by atoms with van der Waals surface area (Å²) >= 11 is 6.21. The van der Waals surface area contributed by atoms with E-state index in [0.29, 0.717) is 0 Å². The smallest absolute Gasteiger partial charge is 0.0783 e. The lowest BCUT2D eigenvalue weighted by Gasteiger charge is -2.08. The molecule has 262 valence electrons. The predicted octanol–water partition coefficient (Wildman–Crippen LogP) is 16.2. The monoisotopic (exact) mass is 710 g/mol. The highest BCUT2D eigenvalue weighted by atomic mass is 32.1. The van der Waals surface area contributed by atoms with Crippen LogP contribution in [0.25, 0.3) is 61.0 Å². The highest BCUT2D eigenvalue weighted by Crippen LogP contribution is 2.53. The predicted molar refractivity (Wildman–Crippen MR) is 225 cm³/mol. The summed E-state index contributed by atoms with van der Waals surface area (Å²) in [5, 5.41) is 2.89. The van der Waals surface area contributed by atoms with Gasteiger partial charge < -0.3 is 9.13 Å². The number of unbranched alkanes of at least 4 members (excludes halogenated alkanes) is 18. The van der Waals surface area contributed by atoms with Crippen LogP contribution in [0.3, 0.4) is 0 Å². The van der Waals surface area contributed by atoms with E-state index in [-0.39, 0.29) is 0 Å². The molecule has 0 fully saturated rings. The van der Waals surface area contributed by atoms with Crippen molar-refractivity contribution >= 4 is 95.0 Å². The van der Waals surface area contributed by atoms with Crippen molar-refractivity contribution in [3.8, 4) is 0 Å². The normalized spacial score (nSPS) is 12.4. The topological polar surface area (TPSA) is 9.86 Å². The maximum absolute atomic E-state index is 2.70. The lowest BCUT2D eigenvalue weighted by molar-refractivity contribution is 0.541. The van der Waals surface area contributed by atoms with Gasteiger partial charge in [0.2, 0.25) is 0 Å². The first-order valence-electron chi connectivity index (χ1n) is 20.1. The van der Waals surface area contributed by atoms with E-state index in [2.05, 4.69) is 106 Å². The molecule has 0 spiro atoms. The number of hydrogen-bond donors (Lipinski definition) is 0. The quantitative estimate of drug-likeness (QED) is 0.0620. The van der Waals surface area contributed by atoms with Crippen LogP contribution in [-0.2, 0) is 13.1 Å². The highest BCUT2D eigenvalue weighted by Gasteiger charge is 2.24. The molecule has 0 saturated heterocycles. The fourth-order valence-corrected chi connectivity index (χ4v) is 12.9. The first-order chi connectivity index (χ1) is 24.3. The third-order valence-corrected chi connectivity index (χ3v) is 15.0. The molecule has 0 atom stereocenters. The van der Waals surface area contributed by atoms with Crippen molar-refractivity contribution in [2.24, 2.45) is 0 Å². The van der Waals surface area contributed by atoms with Gasteiger partial charge in [-0.2, -0.15) is 0 Å². The Morgan fingerprint density at radius 1 is 0.367 bits per heavy atom. The van der Waals surface area contributed by atoms with Crippen LogP contribution in [0, 0.1) is 0 Å². The summed E-state index contributed by atoms with van der Waals surface area (Å²) in [7, 11) is 0. The van der Waals surface area contributed by atoms with Gasteiger partial charge in [-0.15, -0.1) is 34.0 Å². The third kappa shape index (κ3) is 7.51. The molecule has 7 rings (SSSR count). The second kappa shape index (κ2) is 17.2. The van der Waals surface area contributed by atoms with Crippen molar-refractivity contribution in [1.82, 2.24) is 9.13 Å². The molecule has 5 heteroatoms. The van der Waals surface area contributed by atoms with Gasteiger partial charge in [0.25, 0.3) is 0 Å². The van der Waals surface area contributed by atoms with Crippen LogP contribution >= 0.6 is 34.0 Å². The summed E-state index contributed by atoms with van der Waals surface area (Å²) in [4.78, 5) is 0. The average Bonchev–Trinajstić information content (AvgIpc) is 3.90. The van der Waals surface area contributed by atoms with Gasteiger partial charge in [-0.1, -0.05) is 166 Å². The molecule has 0 saturated carbocycles. The van der Waals surface area contributed by atoms with Crippen LogP contribution < -0.4 is 0 Å². The van der Waals surface area contributed by atoms with E-state index in [4.69, 9.17) is 0 Å². The zero-order valence-corrected chi connectivity index (χ0v) is 32.7. The Kier molecular flexibility index (Phi) is 12.3. The van der Waals surface area contributed by atoms with Crippen molar-refractivity contribution < 1.29 is 0 Å². The fraction of sp³-hybridized carbons (Fsp3) is 0.545. The molecule has 0 bridgehead atoms. The van der Waals surface area contributed by atoms with Crippen LogP contribution in [0.4, 0.5) is 0 Å². The lowest BCUT2D eigenvalue weighted by atomic mass is 10.1. The van der Waals surface area contributed by atoms with Crippen LogP contribution in [0.1, 0.15) is 142 Å². The zero-order valence-electron chi connectivity index (χ0n) is 30.3. The van der Waals surface area contributed by atoms with Gasteiger partial charge in [0.15, 0.2) is 0 Å². The standard InChI is InChI=1S/C44H58N2S3/c1-3-5-7-9-11-13-15-17-19-25-31-45-35-29-23-21-27-33(35)39-37(45)41-43(47-39)44-42(49-41)38-40(48-44)34-28-22-24-30-36(34)46(38)32-26-20-18-16-14-12-10-8-6-4-2/h21-24,27-30H,3-20,25-26,31-32H2,1-2H3. The Morgan fingerprint density at radius 3 is 1.08 bits per heavy atom. The number of aryl methyl sites for hydroxylation is 2. The van der Waals surface area contributed by atoms with E-state index in [1.165, 1.54) is 189 Å². The zero-order chi connectivity index (χ0) is 33.4. The molecule has 0 unspecified atom stereocenters. The molecule has 5 aromatic heterocycles. The number of nitrogens with zero attached hydrogens (tertiary/aromatic N) is 2. The van der Waals surface area contributed by atoms with Gasteiger partial charge in [0.05, 0.1) is 39.2 Å². The van der Waals surface area contributed by atoms with Gasteiger partial charge in [-0.3, -0.25) is 0 Å². The van der Waals surface area contributed by atoms with Crippen LogP contribution in [-0.4, -0.2) is 9.13 Å². The van der Waals surface area contributed by atoms with Crippen molar-refractivity contribution in [3.05, 3.63) is 48.5 Å². The Bertz CT molecular complexity index is 1930. The highest BCUT2D eigenvalue weighted by molar-refractivity contribution is 7.43. The van der Waals surface area contributed by atoms with E-state index in [9.17, 15) is 0 Å². The number of benzene rings is 2. The number of fused-ring (bicyclic) bond motifs is 11. The molecule has 0 aliphatic heterocycles. The molecule has 0 aliphatic carbocycles. The first-order valence-corrected chi connectivity index (χ1v) is 22.5. The van der Waals surface area contributed by atoms with Crippen LogP contribution in [0.5, 0.6) is 0 Å². The Morgan fingerprint density at radius 2 is 0.694 bits per heavy atom. The van der Waals surface area contributed by atoms with Crippen LogP contribution in [0.2, 0.25) is 0 Å². The van der Waals surface area contributed by atoms with Crippen molar-refractivity contribution in [1.29, 1.82) is 0 Å². The minimum atomic E-state index is 1.13. The Balaban J connectivity index is 1.11. The number of rotatable bonds is 22. The Labute approximate surface area is 306 Å². The molecule has 0 aliphatic rings. The number of thiophene rings is 3. The maximum atomic E-state index is 2.70. The molecule has 0 amide bonds. The minimum absolute atomic E-state index is 1.13. The van der Waals surface area contributed by atoms with E-state index in [1.54, 1.807) is 0 Å². The summed E-state index contributed by atoms with van der Waals surface area (Å²) in [5.74, 6) is 0. The summed E-state index contributed by atoms with van der Waals surface area (Å²) in [6, 6.07) is 18.4. The molecule has 2 nitrogen and oxygen atoms in total. The van der Waals surface area contributed by atoms with E-state index < -0.39 is 0 Å². The average molecular weight is 711 g/mol. The van der Waals surface area contributed by atoms with Crippen molar-refractivity contribution in [2.45, 2.75) is 155 Å². The van der Waals surface area contributed by atoms with Gasteiger partial charge in [-0.05, 0) is 25.0 Å². The number of para-hydroxylation sites is 2. The van der Waals surface area contributed by atoms with Gasteiger partial charge >= 0.3 is 0 Å². The molecule has 49 heavy (non-hydrogen) atoms. The van der Waals surface area contributed by atoms with Gasteiger partial charge in [-0.25, -0.2) is 0 Å². The Hall–Kier alpha value is -2.34. The molecule has 2 aromatic carbocycles. The van der Waals surface area contributed by atoms with Gasteiger partial charge in [0.1, 0.15) is 0 Å². The lowest BCUT2D eigenvalue weighted by Crippen LogP contribution is -1.97. The molecular formula is C44H58N2S3. The number of hydrogen-bond acceptors (Lipinski definition) is 3. The molecule has 0 radical (unpaired) electrons. The molecular weight excluding hydrogens is 653 g/mol. The fourth-order valence-electron chi connectivity index (χ4n) is 8.28. The summed E-state index contributed by atoms with van der Waals surface area (Å²) in [5.41, 5.74) is 5.88. The number of aromatic nitrogens is 2. The van der Waals surface area contributed by atoms with Gasteiger partial charge in [0, 0.05) is 34.9 Å². The van der Waals surface area contributed by atoms with Crippen molar-refractivity contribution in [2.75, 3.05) is 0 Å².